The van der Waals surface area contributed by atoms with Crippen LogP contribution in [0.3, 0.4) is 0 Å². The van der Waals surface area contributed by atoms with Crippen molar-refractivity contribution in [2.75, 3.05) is 32.7 Å². The van der Waals surface area contributed by atoms with Crippen LogP contribution in [-0.4, -0.2) is 66.4 Å². The van der Waals surface area contributed by atoms with E-state index in [-0.39, 0.29) is 17.7 Å². The lowest BCUT2D eigenvalue weighted by Gasteiger charge is -2.38. The highest BCUT2D eigenvalue weighted by atomic mass is 16.2. The molecule has 0 radical (unpaired) electrons. The first-order valence-corrected chi connectivity index (χ1v) is 7.51. The fraction of sp³-hybridized carbons (Fsp3) is 0.857. The quantitative estimate of drug-likeness (QED) is 0.724. The zero-order chi connectivity index (χ0) is 14.7. The number of hydrogen-bond acceptors (Lipinski definition) is 4. The predicted octanol–water partition coefficient (Wildman–Crippen LogP) is -0.607. The molecule has 0 bridgehead atoms. The highest BCUT2D eigenvalue weighted by Crippen LogP contribution is 2.16. The zero-order valence-electron chi connectivity index (χ0n) is 12.5. The average molecular weight is 282 g/mol. The van der Waals surface area contributed by atoms with Gasteiger partial charge in [0.05, 0.1) is 12.5 Å². The Kier molecular flexibility index (Phi) is 4.99. The number of nitrogens with zero attached hydrogens (tertiary/aromatic N) is 2. The van der Waals surface area contributed by atoms with Gasteiger partial charge >= 0.3 is 0 Å². The van der Waals surface area contributed by atoms with Crippen molar-refractivity contribution >= 4 is 11.8 Å². The lowest BCUT2D eigenvalue weighted by Crippen LogP contribution is -2.57. The van der Waals surface area contributed by atoms with Gasteiger partial charge in [0.2, 0.25) is 11.8 Å². The number of hydrogen-bond donors (Lipinski definition) is 2. The number of piperazine rings is 1. The van der Waals surface area contributed by atoms with Crippen LogP contribution in [0.1, 0.15) is 26.7 Å². The summed E-state index contributed by atoms with van der Waals surface area (Å²) in [5, 5.41) is 3.46. The summed E-state index contributed by atoms with van der Waals surface area (Å²) in [7, 11) is 0. The largest absolute Gasteiger partial charge is 0.369 e. The van der Waals surface area contributed by atoms with Crippen molar-refractivity contribution in [1.82, 2.24) is 15.1 Å². The lowest BCUT2D eigenvalue weighted by atomic mass is 9.97. The first kappa shape index (κ1) is 15.3. The van der Waals surface area contributed by atoms with Crippen molar-refractivity contribution in [2.45, 2.75) is 38.8 Å². The second kappa shape index (κ2) is 6.54. The normalized spacial score (nSPS) is 32.1. The highest BCUT2D eigenvalue weighted by molar-refractivity contribution is 5.81. The molecule has 6 nitrogen and oxygen atoms in total. The molecule has 0 saturated carbocycles. The molecule has 0 aromatic carbocycles. The van der Waals surface area contributed by atoms with E-state index in [0.29, 0.717) is 25.2 Å². The minimum absolute atomic E-state index is 0.122. The summed E-state index contributed by atoms with van der Waals surface area (Å²) in [6.07, 6.45) is 1.68. The molecule has 2 fully saturated rings. The number of rotatable bonds is 3. The smallest absolute Gasteiger partial charge is 0.236 e. The topological polar surface area (TPSA) is 78.7 Å². The summed E-state index contributed by atoms with van der Waals surface area (Å²) in [6.45, 7) is 7.74. The van der Waals surface area contributed by atoms with Crippen molar-refractivity contribution in [3.05, 3.63) is 0 Å². The van der Waals surface area contributed by atoms with Gasteiger partial charge in [-0.2, -0.15) is 0 Å². The Morgan fingerprint density at radius 1 is 1.20 bits per heavy atom. The molecule has 3 atom stereocenters. The lowest BCUT2D eigenvalue weighted by molar-refractivity contribution is -0.136. The summed E-state index contributed by atoms with van der Waals surface area (Å²) in [5.74, 6) is -0.335. The van der Waals surface area contributed by atoms with Crippen molar-refractivity contribution in [2.24, 2.45) is 11.7 Å². The minimum atomic E-state index is -0.285. The Hall–Kier alpha value is -1.14. The standard InChI is InChI=1S/C14H26N4O2/c1-10-6-17(7-11(2)16-10)9-13(19)18-5-3-4-12(8-18)14(15)20/h10-12,16H,3-9H2,1-2H3,(H2,15,20). The van der Waals surface area contributed by atoms with Crippen molar-refractivity contribution < 1.29 is 9.59 Å². The van der Waals surface area contributed by atoms with E-state index in [1.165, 1.54) is 0 Å². The third kappa shape index (κ3) is 3.93. The van der Waals surface area contributed by atoms with Crippen LogP contribution in [-0.2, 0) is 9.59 Å². The van der Waals surface area contributed by atoms with Crippen LogP contribution in [0.2, 0.25) is 0 Å². The van der Waals surface area contributed by atoms with E-state index in [1.54, 1.807) is 4.90 Å². The number of nitrogens with two attached hydrogens (primary N) is 1. The third-order valence-corrected chi connectivity index (χ3v) is 4.17. The molecule has 0 spiro atoms. The molecule has 0 aliphatic carbocycles. The molecule has 6 heteroatoms. The van der Waals surface area contributed by atoms with Gasteiger partial charge in [0.1, 0.15) is 0 Å². The van der Waals surface area contributed by atoms with E-state index in [9.17, 15) is 9.59 Å². The van der Waals surface area contributed by atoms with E-state index in [2.05, 4.69) is 24.1 Å². The van der Waals surface area contributed by atoms with Gasteiger partial charge in [0.25, 0.3) is 0 Å². The van der Waals surface area contributed by atoms with Gasteiger partial charge in [-0.05, 0) is 26.7 Å². The van der Waals surface area contributed by atoms with Crippen LogP contribution in [0, 0.1) is 5.92 Å². The molecule has 2 amide bonds. The van der Waals surface area contributed by atoms with Gasteiger partial charge in [-0.1, -0.05) is 0 Å². The van der Waals surface area contributed by atoms with Gasteiger partial charge in [0, 0.05) is 38.3 Å². The van der Waals surface area contributed by atoms with Crippen molar-refractivity contribution in [1.29, 1.82) is 0 Å². The maximum Gasteiger partial charge on any atom is 0.236 e. The third-order valence-electron chi connectivity index (χ3n) is 4.17. The summed E-state index contributed by atoms with van der Waals surface area (Å²) in [6, 6.07) is 0.817. The minimum Gasteiger partial charge on any atom is -0.369 e. The molecule has 2 aliphatic heterocycles. The van der Waals surface area contributed by atoms with Crippen molar-refractivity contribution in [3.63, 3.8) is 0 Å². The van der Waals surface area contributed by atoms with Crippen LogP contribution in [0.5, 0.6) is 0 Å². The van der Waals surface area contributed by atoms with E-state index in [0.717, 1.165) is 32.5 Å². The van der Waals surface area contributed by atoms with E-state index in [4.69, 9.17) is 5.73 Å². The number of carbonyl (C=O) groups excluding carboxylic acids is 2. The van der Waals surface area contributed by atoms with Gasteiger partial charge in [-0.3, -0.25) is 14.5 Å². The Labute approximate surface area is 120 Å². The Bertz CT molecular complexity index is 364. The molecular weight excluding hydrogens is 256 g/mol. The van der Waals surface area contributed by atoms with Gasteiger partial charge in [0.15, 0.2) is 0 Å². The SMILES string of the molecule is CC1CN(CC(=O)N2CCCC(C(N)=O)C2)CC(C)N1. The second-order valence-electron chi connectivity index (χ2n) is 6.24. The van der Waals surface area contributed by atoms with Crippen LogP contribution >= 0.6 is 0 Å². The molecule has 2 heterocycles. The fourth-order valence-corrected chi connectivity index (χ4v) is 3.30. The molecule has 3 N–H and O–H groups in total. The van der Waals surface area contributed by atoms with E-state index < -0.39 is 0 Å². The summed E-state index contributed by atoms with van der Waals surface area (Å²) in [4.78, 5) is 27.6. The molecule has 2 saturated heterocycles. The Balaban J connectivity index is 1.86. The number of likely N-dealkylation sites (tertiary alicyclic amines) is 1. The summed E-state index contributed by atoms with van der Waals surface area (Å²) in [5.41, 5.74) is 5.35. The molecular formula is C14H26N4O2. The van der Waals surface area contributed by atoms with Crippen LogP contribution in [0.15, 0.2) is 0 Å². The zero-order valence-corrected chi connectivity index (χ0v) is 12.5. The first-order valence-electron chi connectivity index (χ1n) is 7.51. The van der Waals surface area contributed by atoms with E-state index >= 15 is 0 Å². The van der Waals surface area contributed by atoms with Crippen LogP contribution in [0.25, 0.3) is 0 Å². The number of primary amides is 1. The number of nitrogens with one attached hydrogen (secondary N) is 1. The maximum absolute atomic E-state index is 12.4. The Morgan fingerprint density at radius 2 is 1.85 bits per heavy atom. The summed E-state index contributed by atoms with van der Waals surface area (Å²) < 4.78 is 0. The molecule has 2 rings (SSSR count). The monoisotopic (exact) mass is 282 g/mol. The van der Waals surface area contributed by atoms with Gasteiger partial charge in [-0.15, -0.1) is 0 Å². The molecule has 3 unspecified atom stereocenters. The maximum atomic E-state index is 12.4. The second-order valence-corrected chi connectivity index (χ2v) is 6.24. The Morgan fingerprint density at radius 3 is 2.45 bits per heavy atom. The molecule has 20 heavy (non-hydrogen) atoms. The molecule has 114 valence electrons. The fourth-order valence-electron chi connectivity index (χ4n) is 3.30. The summed E-state index contributed by atoms with van der Waals surface area (Å²) >= 11 is 0. The molecule has 0 aromatic rings. The molecule has 2 aliphatic rings. The van der Waals surface area contributed by atoms with Crippen LogP contribution < -0.4 is 11.1 Å². The number of carbonyl (C=O) groups is 2. The van der Waals surface area contributed by atoms with Gasteiger partial charge in [-0.25, -0.2) is 0 Å². The predicted molar refractivity (Wildman–Crippen MR) is 77.0 cm³/mol. The molecule has 0 aromatic heterocycles. The number of piperidine rings is 1. The number of amides is 2. The van der Waals surface area contributed by atoms with Gasteiger partial charge < -0.3 is 16.0 Å². The van der Waals surface area contributed by atoms with Crippen molar-refractivity contribution in [3.8, 4) is 0 Å². The van der Waals surface area contributed by atoms with E-state index in [1.807, 2.05) is 0 Å². The first-order chi connectivity index (χ1) is 9.45. The van der Waals surface area contributed by atoms with Crippen LogP contribution in [0.4, 0.5) is 0 Å². The highest BCUT2D eigenvalue weighted by Gasteiger charge is 2.29. The average Bonchev–Trinajstić information content (AvgIpc) is 2.37.